The van der Waals surface area contributed by atoms with Crippen LogP contribution in [0.25, 0.3) is 0 Å². The third kappa shape index (κ3) is 3.95. The van der Waals surface area contributed by atoms with Crippen LogP contribution in [0.2, 0.25) is 0 Å². The number of carbonyl (C=O) groups excluding carboxylic acids is 1. The van der Waals surface area contributed by atoms with Gasteiger partial charge in [0.25, 0.3) is 5.91 Å². The maximum absolute atomic E-state index is 14.6. The molecule has 1 amide bonds. The van der Waals surface area contributed by atoms with Gasteiger partial charge in [-0.05, 0) is 94.2 Å². The lowest BCUT2D eigenvalue weighted by Gasteiger charge is -2.32. The van der Waals surface area contributed by atoms with E-state index in [0.29, 0.717) is 11.6 Å². The lowest BCUT2D eigenvalue weighted by atomic mass is 9.76. The second kappa shape index (κ2) is 7.47. The number of nitrogens with one attached hydrogen (secondary N) is 1. The normalized spacial score (nSPS) is 19.8. The van der Waals surface area contributed by atoms with Crippen LogP contribution in [-0.2, 0) is 9.31 Å². The molecule has 2 aromatic rings. The van der Waals surface area contributed by atoms with Gasteiger partial charge in [0, 0.05) is 10.2 Å². The van der Waals surface area contributed by atoms with Gasteiger partial charge in [0.2, 0.25) is 0 Å². The van der Waals surface area contributed by atoms with Gasteiger partial charge in [-0.15, -0.1) is 0 Å². The van der Waals surface area contributed by atoms with Crippen molar-refractivity contribution in [2.45, 2.75) is 64.6 Å². The van der Waals surface area contributed by atoms with Gasteiger partial charge < -0.3 is 14.6 Å². The average molecular weight is 474 g/mol. The van der Waals surface area contributed by atoms with Crippen LogP contribution in [0.5, 0.6) is 0 Å². The van der Waals surface area contributed by atoms with Crippen LogP contribution in [-0.4, -0.2) is 24.2 Å². The minimum Gasteiger partial charge on any atom is -0.399 e. The Hall–Kier alpha value is -1.70. The fourth-order valence-electron chi connectivity index (χ4n) is 3.62. The molecule has 0 bridgehead atoms. The van der Waals surface area contributed by atoms with Gasteiger partial charge in [-0.1, -0.05) is 22.0 Å². The quantitative estimate of drug-likeness (QED) is 0.611. The number of carbonyl (C=O) groups is 1. The van der Waals surface area contributed by atoms with Gasteiger partial charge in [0.05, 0.1) is 16.8 Å². The summed E-state index contributed by atoms with van der Waals surface area (Å²) in [5.74, 6) is -0.530. The molecule has 4 nitrogen and oxygen atoms in total. The van der Waals surface area contributed by atoms with Crippen LogP contribution < -0.4 is 10.8 Å². The Labute approximate surface area is 185 Å². The molecular weight excluding hydrogens is 448 g/mol. The highest BCUT2D eigenvalue weighted by molar-refractivity contribution is 9.10. The summed E-state index contributed by atoms with van der Waals surface area (Å²) in [6.07, 6.45) is 2.17. The van der Waals surface area contributed by atoms with Crippen molar-refractivity contribution in [3.8, 4) is 0 Å². The third-order valence-electron chi connectivity index (χ3n) is 6.45. The van der Waals surface area contributed by atoms with Crippen molar-refractivity contribution in [1.82, 2.24) is 0 Å². The molecule has 0 atom stereocenters. The fourth-order valence-corrected chi connectivity index (χ4v) is 4.10. The molecule has 7 heteroatoms. The van der Waals surface area contributed by atoms with Gasteiger partial charge in [-0.2, -0.15) is 0 Å². The standard InChI is InChI=1S/C23H26BBrFNO3/c1-13-18(24-29-22(2,3)23(4,5)30-24)11-16(25)12-20(13)27-21(28)17-9-8-15(10-19(17)26)14-6-7-14/h8-12,14H,6-7H2,1-5H3,(H,27,28). The molecular formula is C23H26BBrFNO3. The van der Waals surface area contributed by atoms with Crippen molar-refractivity contribution in [3.63, 3.8) is 0 Å². The zero-order valence-electron chi connectivity index (χ0n) is 17.9. The highest BCUT2D eigenvalue weighted by atomic mass is 79.9. The largest absolute Gasteiger partial charge is 0.495 e. The van der Waals surface area contributed by atoms with E-state index in [4.69, 9.17) is 9.31 Å². The first-order chi connectivity index (χ1) is 14.0. The highest BCUT2D eigenvalue weighted by Gasteiger charge is 2.52. The van der Waals surface area contributed by atoms with Gasteiger partial charge >= 0.3 is 7.12 Å². The number of halogens is 2. The molecule has 0 spiro atoms. The van der Waals surface area contributed by atoms with E-state index in [1.807, 2.05) is 46.8 Å². The van der Waals surface area contributed by atoms with E-state index < -0.39 is 30.0 Å². The summed E-state index contributed by atoms with van der Waals surface area (Å²) >= 11 is 3.51. The highest BCUT2D eigenvalue weighted by Crippen LogP contribution is 2.40. The van der Waals surface area contributed by atoms with Gasteiger partial charge in [-0.25, -0.2) is 4.39 Å². The SMILES string of the molecule is Cc1c(NC(=O)c2ccc(C3CC3)cc2F)cc(Br)cc1B1OC(C)(C)C(C)(C)O1. The molecule has 2 fully saturated rings. The fraction of sp³-hybridized carbons (Fsp3) is 0.435. The molecule has 30 heavy (non-hydrogen) atoms. The van der Waals surface area contributed by atoms with Crippen LogP contribution >= 0.6 is 15.9 Å². The van der Waals surface area contributed by atoms with E-state index in [-0.39, 0.29) is 5.56 Å². The second-order valence-electron chi connectivity index (χ2n) is 9.22. The number of benzene rings is 2. The molecule has 1 aliphatic carbocycles. The number of hydrogen-bond donors (Lipinski definition) is 1. The third-order valence-corrected chi connectivity index (χ3v) is 6.91. The van der Waals surface area contributed by atoms with Crippen molar-refractivity contribution in [3.05, 3.63) is 57.3 Å². The Morgan fingerprint density at radius 2 is 1.77 bits per heavy atom. The predicted octanol–water partition coefficient (Wildman–Crippen LogP) is 5.33. The molecule has 1 saturated carbocycles. The zero-order valence-corrected chi connectivity index (χ0v) is 19.5. The van der Waals surface area contributed by atoms with Crippen LogP contribution in [0, 0.1) is 12.7 Å². The maximum atomic E-state index is 14.6. The Balaban J connectivity index is 1.60. The lowest BCUT2D eigenvalue weighted by molar-refractivity contribution is 0.00578. The molecule has 158 valence electrons. The Morgan fingerprint density at radius 1 is 1.13 bits per heavy atom. The Bertz CT molecular complexity index is 1000. The molecule has 2 aliphatic rings. The number of rotatable bonds is 4. The summed E-state index contributed by atoms with van der Waals surface area (Å²) in [6.45, 7) is 9.89. The van der Waals surface area contributed by atoms with E-state index in [2.05, 4.69) is 21.2 Å². The summed E-state index contributed by atoms with van der Waals surface area (Å²) < 4.78 is 27.7. The molecule has 0 aromatic heterocycles. The summed E-state index contributed by atoms with van der Waals surface area (Å²) in [4.78, 5) is 12.8. The summed E-state index contributed by atoms with van der Waals surface area (Å²) in [5.41, 5.74) is 2.29. The smallest absolute Gasteiger partial charge is 0.399 e. The van der Waals surface area contributed by atoms with Gasteiger partial charge in [-0.3, -0.25) is 4.79 Å². The van der Waals surface area contributed by atoms with Crippen molar-refractivity contribution >= 4 is 40.1 Å². The van der Waals surface area contributed by atoms with E-state index in [1.54, 1.807) is 12.1 Å². The first-order valence-electron chi connectivity index (χ1n) is 10.2. The number of amides is 1. The van der Waals surface area contributed by atoms with Gasteiger partial charge in [0.15, 0.2) is 0 Å². The monoisotopic (exact) mass is 473 g/mol. The van der Waals surface area contributed by atoms with Crippen LogP contribution in [0.4, 0.5) is 10.1 Å². The maximum Gasteiger partial charge on any atom is 0.495 e. The van der Waals surface area contributed by atoms with Crippen molar-refractivity contribution in [2.75, 3.05) is 5.32 Å². The van der Waals surface area contributed by atoms with E-state index in [1.165, 1.54) is 6.07 Å². The van der Waals surface area contributed by atoms with Crippen molar-refractivity contribution in [2.24, 2.45) is 0 Å². The average Bonchev–Trinajstić information content (AvgIpc) is 3.45. The summed E-state index contributed by atoms with van der Waals surface area (Å²) in [7, 11) is -0.558. The minimum atomic E-state index is -0.558. The minimum absolute atomic E-state index is 0.0379. The van der Waals surface area contributed by atoms with Crippen LogP contribution in [0.1, 0.15) is 67.9 Å². The van der Waals surface area contributed by atoms with Gasteiger partial charge in [0.1, 0.15) is 5.82 Å². The first kappa shape index (κ1) is 21.5. The van der Waals surface area contributed by atoms with Crippen molar-refractivity contribution < 1.29 is 18.5 Å². The van der Waals surface area contributed by atoms with Crippen LogP contribution in [0.3, 0.4) is 0 Å². The number of hydrogen-bond acceptors (Lipinski definition) is 3. The zero-order chi connectivity index (χ0) is 21.8. The lowest BCUT2D eigenvalue weighted by Crippen LogP contribution is -2.41. The van der Waals surface area contributed by atoms with E-state index in [0.717, 1.165) is 33.9 Å². The predicted molar refractivity (Wildman–Crippen MR) is 121 cm³/mol. The second-order valence-corrected chi connectivity index (χ2v) is 10.1. The Kier molecular flexibility index (Phi) is 5.36. The Morgan fingerprint density at radius 3 is 2.33 bits per heavy atom. The molecule has 1 heterocycles. The van der Waals surface area contributed by atoms with Crippen molar-refractivity contribution in [1.29, 1.82) is 0 Å². The molecule has 0 radical (unpaired) electrons. The summed E-state index contributed by atoms with van der Waals surface area (Å²) in [5, 5.41) is 2.86. The topological polar surface area (TPSA) is 47.6 Å². The molecule has 4 rings (SSSR count). The molecule has 1 aliphatic heterocycles. The molecule has 0 unspecified atom stereocenters. The molecule has 1 N–H and O–H groups in total. The molecule has 2 aromatic carbocycles. The summed E-state index contributed by atoms with van der Waals surface area (Å²) in [6, 6.07) is 8.63. The number of anilines is 1. The van der Waals surface area contributed by atoms with Crippen LogP contribution in [0.15, 0.2) is 34.8 Å². The van der Waals surface area contributed by atoms with E-state index in [9.17, 15) is 9.18 Å². The van der Waals surface area contributed by atoms with E-state index >= 15 is 0 Å². The first-order valence-corrected chi connectivity index (χ1v) is 11.0. The molecule has 1 saturated heterocycles.